The van der Waals surface area contributed by atoms with Crippen molar-refractivity contribution in [3.8, 4) is 28.6 Å². The first-order valence-corrected chi connectivity index (χ1v) is 10.6. The van der Waals surface area contributed by atoms with Crippen molar-refractivity contribution < 1.29 is 48.6 Å². The number of hydrogen-bond acceptors (Lipinski definition) is 11. The fourth-order valence-corrected chi connectivity index (χ4v) is 3.83. The Morgan fingerprint density at radius 2 is 1.77 bits per heavy atom. The second-order valence-electron chi connectivity index (χ2n) is 7.92. The fraction of sp³-hybridized carbons (Fsp3) is 0.333. The molecule has 3 aromatic rings. The topological polar surface area (TPSA) is 165 Å². The second kappa shape index (κ2) is 9.92. The zero-order chi connectivity index (χ0) is 25.3. The van der Waals surface area contributed by atoms with Crippen LogP contribution in [0.15, 0.2) is 51.7 Å². The van der Waals surface area contributed by atoms with Crippen LogP contribution in [0.4, 0.5) is 0 Å². The Bertz CT molecular complexity index is 1260. The van der Waals surface area contributed by atoms with E-state index in [-0.39, 0.29) is 22.5 Å². The van der Waals surface area contributed by atoms with E-state index in [1.165, 1.54) is 19.2 Å². The maximum atomic E-state index is 12.7. The molecule has 5 atom stereocenters. The van der Waals surface area contributed by atoms with Gasteiger partial charge >= 0.3 is 5.97 Å². The minimum atomic E-state index is -1.67. The molecule has 35 heavy (non-hydrogen) atoms. The lowest BCUT2D eigenvalue weighted by Crippen LogP contribution is -2.61. The molecule has 0 aliphatic carbocycles. The standard InChI is InChI=1S/C24H24O11/c1-11(26)32-23-19(10-25)35-24(22(30)21(23)29)33-14-7-15(27)20-16(28)9-17(34-18(20)8-14)12-3-5-13(31-2)6-4-12/h3-9,19,21-25,27,29-30H,10H2,1-2H3. The second-order valence-corrected chi connectivity index (χ2v) is 7.92. The van der Waals surface area contributed by atoms with E-state index in [0.717, 1.165) is 13.0 Å². The molecule has 0 saturated carbocycles. The number of ether oxygens (including phenoxy) is 4. The number of rotatable bonds is 6. The number of carbonyl (C=O) groups is 1. The number of esters is 1. The highest BCUT2D eigenvalue weighted by atomic mass is 16.7. The first-order chi connectivity index (χ1) is 16.7. The highest BCUT2D eigenvalue weighted by Crippen LogP contribution is 2.33. The van der Waals surface area contributed by atoms with E-state index in [2.05, 4.69) is 0 Å². The molecule has 11 heteroatoms. The molecule has 1 aliphatic heterocycles. The lowest BCUT2D eigenvalue weighted by molar-refractivity contribution is -0.281. The van der Waals surface area contributed by atoms with Crippen LogP contribution < -0.4 is 14.9 Å². The van der Waals surface area contributed by atoms with E-state index in [9.17, 15) is 30.0 Å². The molecule has 1 aromatic heterocycles. The Morgan fingerprint density at radius 3 is 2.40 bits per heavy atom. The van der Waals surface area contributed by atoms with Crippen molar-refractivity contribution in [2.45, 2.75) is 37.6 Å². The van der Waals surface area contributed by atoms with E-state index >= 15 is 0 Å². The molecule has 4 N–H and O–H groups in total. The number of methoxy groups -OCH3 is 1. The van der Waals surface area contributed by atoms with Crippen molar-refractivity contribution in [2.24, 2.45) is 0 Å². The SMILES string of the molecule is COc1ccc(-c2cc(=O)c3c(O)cc(OC4OC(CO)C(OC(C)=O)C(O)C4O)cc3o2)cc1. The molecule has 1 fully saturated rings. The van der Waals surface area contributed by atoms with Crippen LogP contribution >= 0.6 is 0 Å². The van der Waals surface area contributed by atoms with Gasteiger partial charge in [-0.25, -0.2) is 0 Å². The number of aliphatic hydroxyl groups is 3. The molecule has 0 bridgehead atoms. The maximum Gasteiger partial charge on any atom is 0.303 e. The number of benzene rings is 2. The largest absolute Gasteiger partial charge is 0.507 e. The summed E-state index contributed by atoms with van der Waals surface area (Å²) >= 11 is 0. The number of aliphatic hydroxyl groups excluding tert-OH is 3. The Hall–Kier alpha value is -3.64. The smallest absolute Gasteiger partial charge is 0.303 e. The molecule has 0 amide bonds. The van der Waals surface area contributed by atoms with Crippen molar-refractivity contribution in [3.63, 3.8) is 0 Å². The Kier molecular flexibility index (Phi) is 6.94. The molecule has 5 unspecified atom stereocenters. The summed E-state index contributed by atoms with van der Waals surface area (Å²) in [7, 11) is 1.53. The number of carbonyl (C=O) groups excluding carboxylic acids is 1. The molecule has 0 spiro atoms. The zero-order valence-electron chi connectivity index (χ0n) is 18.8. The summed E-state index contributed by atoms with van der Waals surface area (Å²) in [4.78, 5) is 24.0. The number of hydrogen-bond donors (Lipinski definition) is 4. The van der Waals surface area contributed by atoms with Crippen molar-refractivity contribution in [3.05, 3.63) is 52.7 Å². The van der Waals surface area contributed by atoms with Crippen LogP contribution in [-0.4, -0.2) is 70.8 Å². The van der Waals surface area contributed by atoms with Gasteiger partial charge in [-0.05, 0) is 24.3 Å². The number of fused-ring (bicyclic) bond motifs is 1. The van der Waals surface area contributed by atoms with Gasteiger partial charge in [0.1, 0.15) is 52.3 Å². The molecular formula is C24H24O11. The van der Waals surface area contributed by atoms with E-state index < -0.39 is 54.5 Å². The van der Waals surface area contributed by atoms with Crippen LogP contribution in [0, 0.1) is 0 Å². The van der Waals surface area contributed by atoms with Crippen LogP contribution in [0.3, 0.4) is 0 Å². The number of phenolic OH excluding ortho intramolecular Hbond substituents is 1. The van der Waals surface area contributed by atoms with Crippen LogP contribution in [-0.2, 0) is 14.3 Å². The van der Waals surface area contributed by atoms with E-state index in [1.54, 1.807) is 24.3 Å². The molecule has 1 aliphatic rings. The van der Waals surface area contributed by atoms with Crippen molar-refractivity contribution in [2.75, 3.05) is 13.7 Å². The Balaban J connectivity index is 1.65. The van der Waals surface area contributed by atoms with Gasteiger partial charge in [0, 0.05) is 30.7 Å². The molecule has 4 rings (SSSR count). The molecule has 11 nitrogen and oxygen atoms in total. The third-order valence-corrected chi connectivity index (χ3v) is 5.53. The fourth-order valence-electron chi connectivity index (χ4n) is 3.83. The third-order valence-electron chi connectivity index (χ3n) is 5.53. The maximum absolute atomic E-state index is 12.7. The summed E-state index contributed by atoms with van der Waals surface area (Å²) in [5.41, 5.74) is 0.0998. The van der Waals surface area contributed by atoms with Crippen molar-refractivity contribution in [1.82, 2.24) is 0 Å². The average molecular weight is 488 g/mol. The van der Waals surface area contributed by atoms with E-state index in [0.29, 0.717) is 11.3 Å². The predicted molar refractivity (Wildman–Crippen MR) is 120 cm³/mol. The highest BCUT2D eigenvalue weighted by Gasteiger charge is 2.47. The first kappa shape index (κ1) is 24.5. The summed E-state index contributed by atoms with van der Waals surface area (Å²) in [6, 6.07) is 10.5. The van der Waals surface area contributed by atoms with E-state index in [1.807, 2.05) is 0 Å². The number of aromatic hydroxyl groups is 1. The van der Waals surface area contributed by atoms with Crippen LogP contribution in [0.25, 0.3) is 22.3 Å². The van der Waals surface area contributed by atoms with Gasteiger partial charge in [0.15, 0.2) is 11.5 Å². The van der Waals surface area contributed by atoms with Crippen LogP contribution in [0.2, 0.25) is 0 Å². The molecular weight excluding hydrogens is 464 g/mol. The molecule has 2 heterocycles. The monoisotopic (exact) mass is 488 g/mol. The van der Waals surface area contributed by atoms with Crippen LogP contribution in [0.1, 0.15) is 6.92 Å². The van der Waals surface area contributed by atoms with Gasteiger partial charge in [0.2, 0.25) is 6.29 Å². The normalized spacial score (nSPS) is 24.2. The van der Waals surface area contributed by atoms with Gasteiger partial charge in [-0.2, -0.15) is 0 Å². The summed E-state index contributed by atoms with van der Waals surface area (Å²) in [6.07, 6.45) is -7.29. The summed E-state index contributed by atoms with van der Waals surface area (Å²) in [6.45, 7) is 0.479. The highest BCUT2D eigenvalue weighted by molar-refractivity contribution is 5.86. The third kappa shape index (κ3) is 4.93. The Labute approximate surface area is 198 Å². The quantitative estimate of drug-likeness (QED) is 0.365. The minimum absolute atomic E-state index is 0.000614. The van der Waals surface area contributed by atoms with Crippen molar-refractivity contribution >= 4 is 16.9 Å². The van der Waals surface area contributed by atoms with Gasteiger partial charge in [-0.1, -0.05) is 0 Å². The van der Waals surface area contributed by atoms with E-state index in [4.69, 9.17) is 23.4 Å². The molecule has 2 aromatic carbocycles. The first-order valence-electron chi connectivity index (χ1n) is 10.6. The lowest BCUT2D eigenvalue weighted by atomic mass is 9.99. The van der Waals surface area contributed by atoms with Gasteiger partial charge < -0.3 is 43.8 Å². The summed E-state index contributed by atoms with van der Waals surface area (Å²) in [5, 5.41) is 40.8. The average Bonchev–Trinajstić information content (AvgIpc) is 2.83. The number of phenols is 1. The molecule has 186 valence electrons. The predicted octanol–water partition coefficient (Wildman–Crippen LogP) is 0.924. The van der Waals surface area contributed by atoms with Gasteiger partial charge in [-0.3, -0.25) is 9.59 Å². The Morgan fingerprint density at radius 1 is 1.06 bits per heavy atom. The van der Waals surface area contributed by atoms with Crippen LogP contribution in [0.5, 0.6) is 17.2 Å². The molecule has 1 saturated heterocycles. The minimum Gasteiger partial charge on any atom is -0.507 e. The van der Waals surface area contributed by atoms with Gasteiger partial charge in [-0.15, -0.1) is 0 Å². The lowest BCUT2D eigenvalue weighted by Gasteiger charge is -2.41. The summed E-state index contributed by atoms with van der Waals surface area (Å²) in [5.74, 6) is -0.366. The zero-order valence-corrected chi connectivity index (χ0v) is 18.8. The molecule has 0 radical (unpaired) electrons. The van der Waals surface area contributed by atoms with Gasteiger partial charge in [0.25, 0.3) is 0 Å². The van der Waals surface area contributed by atoms with Crippen molar-refractivity contribution in [1.29, 1.82) is 0 Å². The summed E-state index contributed by atoms with van der Waals surface area (Å²) < 4.78 is 27.0. The van der Waals surface area contributed by atoms with Gasteiger partial charge in [0.05, 0.1) is 13.7 Å².